The Kier molecular flexibility index (Phi) is 7.42. The Hall–Kier alpha value is -4.17. The monoisotopic (exact) mass is 560 g/mol. The zero-order valence-corrected chi connectivity index (χ0v) is 21.9. The van der Waals surface area contributed by atoms with Gasteiger partial charge in [-0.25, -0.2) is 4.79 Å². The first-order valence-corrected chi connectivity index (χ1v) is 12.5. The van der Waals surface area contributed by atoms with E-state index in [-0.39, 0.29) is 5.11 Å². The number of hydrogen-bond donors (Lipinski definition) is 2. The van der Waals surface area contributed by atoms with Crippen LogP contribution < -0.4 is 16.3 Å². The molecule has 0 unspecified atom stereocenters. The number of anilines is 1. The van der Waals surface area contributed by atoms with Crippen LogP contribution in [-0.2, 0) is 4.79 Å². The van der Waals surface area contributed by atoms with Gasteiger partial charge < -0.3 is 14.2 Å². The number of halogens is 2. The number of carbonyl (C=O) groups is 1. The minimum absolute atomic E-state index is 0.117. The highest BCUT2D eigenvalue weighted by molar-refractivity contribution is 7.80. The van der Waals surface area contributed by atoms with E-state index in [2.05, 4.69) is 10.6 Å². The summed E-state index contributed by atoms with van der Waals surface area (Å²) in [5.41, 5.74) is 2.64. The molecule has 0 radical (unpaired) electrons. The standard InChI is InChI=1S/C29H18Cl2N2O4S/c30-20-13-19(14-21(31)16-20)26-11-9-23(36-26)10-12-27(34)33-29(38)32-22-7-5-17(6-8-22)24-15-18-3-1-2-4-25(18)37-28(24)35/h1-16H,(H2,32,33,34,38)/b12-10+. The van der Waals surface area contributed by atoms with E-state index in [1.165, 1.54) is 12.2 Å². The summed E-state index contributed by atoms with van der Waals surface area (Å²) < 4.78 is 11.2. The molecule has 2 aromatic heterocycles. The molecule has 6 nitrogen and oxygen atoms in total. The van der Waals surface area contributed by atoms with Crippen LogP contribution in [0.2, 0.25) is 10.0 Å². The van der Waals surface area contributed by atoms with Crippen molar-refractivity contribution in [2.24, 2.45) is 0 Å². The second-order valence-electron chi connectivity index (χ2n) is 8.20. The Morgan fingerprint density at radius 2 is 1.58 bits per heavy atom. The van der Waals surface area contributed by atoms with E-state index in [9.17, 15) is 9.59 Å². The number of rotatable bonds is 5. The van der Waals surface area contributed by atoms with Crippen LogP contribution >= 0.6 is 35.4 Å². The molecule has 1 amide bonds. The van der Waals surface area contributed by atoms with Crippen molar-refractivity contribution in [2.45, 2.75) is 0 Å². The lowest BCUT2D eigenvalue weighted by Gasteiger charge is -2.09. The molecule has 9 heteroatoms. The van der Waals surface area contributed by atoms with Crippen molar-refractivity contribution in [1.82, 2.24) is 5.32 Å². The summed E-state index contributed by atoms with van der Waals surface area (Å²) in [5, 5.41) is 7.47. The number of furan rings is 1. The van der Waals surface area contributed by atoms with Crippen LogP contribution in [0.5, 0.6) is 0 Å². The van der Waals surface area contributed by atoms with Crippen molar-refractivity contribution in [2.75, 3.05) is 5.32 Å². The lowest BCUT2D eigenvalue weighted by molar-refractivity contribution is -0.115. The maximum absolute atomic E-state index is 12.4. The average Bonchev–Trinajstić information content (AvgIpc) is 3.36. The molecule has 0 bridgehead atoms. The zero-order valence-electron chi connectivity index (χ0n) is 19.5. The van der Waals surface area contributed by atoms with Crippen LogP contribution in [-0.4, -0.2) is 11.0 Å². The van der Waals surface area contributed by atoms with E-state index in [1.807, 2.05) is 18.2 Å². The Balaban J connectivity index is 1.19. The van der Waals surface area contributed by atoms with Crippen LogP contribution in [0.15, 0.2) is 105 Å². The van der Waals surface area contributed by atoms with Crippen molar-refractivity contribution in [3.05, 3.63) is 117 Å². The zero-order chi connectivity index (χ0) is 26.6. The van der Waals surface area contributed by atoms with Gasteiger partial charge in [-0.1, -0.05) is 53.5 Å². The molecule has 0 fully saturated rings. The van der Waals surface area contributed by atoms with E-state index in [4.69, 9.17) is 44.3 Å². The lowest BCUT2D eigenvalue weighted by atomic mass is 10.1. The van der Waals surface area contributed by atoms with Crippen LogP contribution in [0.25, 0.3) is 39.5 Å². The Bertz CT molecular complexity index is 1740. The SMILES string of the molecule is O=C(/C=C/c1ccc(-c2cc(Cl)cc(Cl)c2)o1)NC(=S)Nc1ccc(-c2cc3ccccc3oc2=O)cc1. The number of thiocarbonyl (C=S) groups is 1. The molecule has 0 aliphatic carbocycles. The number of amides is 1. The van der Waals surface area contributed by atoms with Crippen molar-refractivity contribution in [1.29, 1.82) is 0 Å². The van der Waals surface area contributed by atoms with Crippen LogP contribution in [0.3, 0.4) is 0 Å². The fourth-order valence-corrected chi connectivity index (χ4v) is 4.51. The molecule has 0 spiro atoms. The largest absolute Gasteiger partial charge is 0.457 e. The molecule has 0 aliphatic heterocycles. The highest BCUT2D eigenvalue weighted by atomic mass is 35.5. The van der Waals surface area contributed by atoms with E-state index in [1.54, 1.807) is 66.7 Å². The third-order valence-electron chi connectivity index (χ3n) is 5.50. The summed E-state index contributed by atoms with van der Waals surface area (Å²) in [6.45, 7) is 0. The summed E-state index contributed by atoms with van der Waals surface area (Å²) in [7, 11) is 0. The summed E-state index contributed by atoms with van der Waals surface area (Å²) in [5.74, 6) is 0.604. The van der Waals surface area contributed by atoms with Crippen molar-refractivity contribution in [3.8, 4) is 22.5 Å². The first-order chi connectivity index (χ1) is 18.3. The molecule has 5 rings (SSSR count). The number of fused-ring (bicyclic) bond motifs is 1. The van der Waals surface area contributed by atoms with Gasteiger partial charge >= 0.3 is 5.63 Å². The van der Waals surface area contributed by atoms with Gasteiger partial charge in [0.1, 0.15) is 17.1 Å². The summed E-state index contributed by atoms with van der Waals surface area (Å²) >= 11 is 17.3. The van der Waals surface area contributed by atoms with Crippen molar-refractivity contribution < 1.29 is 13.6 Å². The van der Waals surface area contributed by atoms with Crippen molar-refractivity contribution in [3.63, 3.8) is 0 Å². The van der Waals surface area contributed by atoms with E-state index in [0.717, 1.165) is 10.9 Å². The highest BCUT2D eigenvalue weighted by Crippen LogP contribution is 2.29. The molecule has 2 heterocycles. The fraction of sp³-hybridized carbons (Fsp3) is 0. The number of nitrogens with one attached hydrogen (secondary N) is 2. The molecule has 2 N–H and O–H groups in total. The maximum Gasteiger partial charge on any atom is 0.344 e. The second-order valence-corrected chi connectivity index (χ2v) is 9.48. The fourth-order valence-electron chi connectivity index (χ4n) is 3.76. The molecule has 0 saturated carbocycles. The van der Waals surface area contributed by atoms with Gasteiger partial charge in [0.15, 0.2) is 5.11 Å². The summed E-state index contributed by atoms with van der Waals surface area (Å²) in [4.78, 5) is 24.7. The minimum Gasteiger partial charge on any atom is -0.457 e. The first kappa shape index (κ1) is 25.5. The Labute approximate surface area is 232 Å². The smallest absolute Gasteiger partial charge is 0.344 e. The quantitative estimate of drug-likeness (QED) is 0.131. The number of benzene rings is 3. The third-order valence-corrected chi connectivity index (χ3v) is 6.15. The third kappa shape index (κ3) is 6.03. The Morgan fingerprint density at radius 3 is 2.34 bits per heavy atom. The van der Waals surface area contributed by atoms with Gasteiger partial charge in [-0.05, 0) is 78.5 Å². The topological polar surface area (TPSA) is 84.5 Å². The molecule has 0 saturated heterocycles. The average molecular weight is 561 g/mol. The number of hydrogen-bond acceptors (Lipinski definition) is 5. The molecule has 188 valence electrons. The highest BCUT2D eigenvalue weighted by Gasteiger charge is 2.09. The molecule has 5 aromatic rings. The lowest BCUT2D eigenvalue weighted by Crippen LogP contribution is -2.32. The van der Waals surface area contributed by atoms with E-state index >= 15 is 0 Å². The van der Waals surface area contributed by atoms with Gasteiger partial charge in [0.05, 0.1) is 5.56 Å². The van der Waals surface area contributed by atoms with Crippen LogP contribution in [0.1, 0.15) is 5.76 Å². The number of para-hydroxylation sites is 1. The maximum atomic E-state index is 12.4. The van der Waals surface area contributed by atoms with E-state index in [0.29, 0.717) is 44.0 Å². The Morgan fingerprint density at radius 1 is 0.842 bits per heavy atom. The molecule has 38 heavy (non-hydrogen) atoms. The first-order valence-electron chi connectivity index (χ1n) is 11.3. The molecule has 0 atom stereocenters. The van der Waals surface area contributed by atoms with Gasteiger partial charge in [-0.15, -0.1) is 0 Å². The predicted octanol–water partition coefficient (Wildman–Crippen LogP) is 7.55. The van der Waals surface area contributed by atoms with Gasteiger partial charge in [0.2, 0.25) is 5.91 Å². The summed E-state index contributed by atoms with van der Waals surface area (Å²) in [6.07, 6.45) is 2.83. The van der Waals surface area contributed by atoms with Gasteiger partial charge in [-0.3, -0.25) is 10.1 Å². The van der Waals surface area contributed by atoms with E-state index < -0.39 is 11.5 Å². The molecular formula is C29H18Cl2N2O4S. The van der Waals surface area contributed by atoms with Crippen molar-refractivity contribution >= 4 is 69.2 Å². The van der Waals surface area contributed by atoms with Crippen LogP contribution in [0, 0.1) is 0 Å². The molecule has 3 aromatic carbocycles. The van der Waals surface area contributed by atoms with Gasteiger partial charge in [-0.2, -0.15) is 0 Å². The minimum atomic E-state index is -0.434. The number of carbonyl (C=O) groups excluding carboxylic acids is 1. The summed E-state index contributed by atoms with van der Waals surface area (Å²) in [6, 6.07) is 24.8. The molecule has 0 aliphatic rings. The van der Waals surface area contributed by atoms with Gasteiger partial charge in [0.25, 0.3) is 0 Å². The normalized spacial score (nSPS) is 11.1. The predicted molar refractivity (Wildman–Crippen MR) is 155 cm³/mol. The van der Waals surface area contributed by atoms with Crippen LogP contribution in [0.4, 0.5) is 5.69 Å². The van der Waals surface area contributed by atoms with Gasteiger partial charge in [0, 0.05) is 32.8 Å². The second kappa shape index (κ2) is 11.1. The molecular weight excluding hydrogens is 543 g/mol.